The van der Waals surface area contributed by atoms with Crippen LogP contribution in [0.15, 0.2) is 58.6 Å². The molecule has 0 aromatic carbocycles. The lowest BCUT2D eigenvalue weighted by Gasteiger charge is -2.38. The summed E-state index contributed by atoms with van der Waals surface area (Å²) < 4.78 is 0. The number of rotatable bonds is 2. The molecular weight excluding hydrogens is 316 g/mol. The van der Waals surface area contributed by atoms with Crippen LogP contribution in [0.1, 0.15) is 58.3 Å². The summed E-state index contributed by atoms with van der Waals surface area (Å²) in [7, 11) is 0. The number of nitrogens with one attached hydrogen (secondary N) is 1. The second-order valence-corrected chi connectivity index (χ2v) is 9.62. The van der Waals surface area contributed by atoms with Gasteiger partial charge in [0.25, 0.3) is 0 Å². The number of hydrogen-bond donors (Lipinski definition) is 1. The first kappa shape index (κ1) is 15.4. The molecule has 0 bridgehead atoms. The summed E-state index contributed by atoms with van der Waals surface area (Å²) in [6.45, 7) is 3.50. The van der Waals surface area contributed by atoms with Gasteiger partial charge in [0.1, 0.15) is 0 Å². The molecule has 3 heterocycles. The highest BCUT2D eigenvalue weighted by Gasteiger charge is 2.48. The van der Waals surface area contributed by atoms with Crippen LogP contribution in [0.4, 0.5) is 0 Å². The van der Waals surface area contributed by atoms with E-state index in [9.17, 15) is 0 Å². The fourth-order valence-corrected chi connectivity index (χ4v) is 6.21. The summed E-state index contributed by atoms with van der Waals surface area (Å²) in [5, 5.41) is 3.50. The molecule has 3 aliphatic heterocycles. The van der Waals surface area contributed by atoms with E-state index in [0.717, 1.165) is 12.5 Å². The molecule has 2 heteroatoms. The molecule has 26 heavy (non-hydrogen) atoms. The molecule has 6 aliphatic rings. The minimum atomic E-state index is 0.570. The van der Waals surface area contributed by atoms with Crippen molar-refractivity contribution in [2.24, 2.45) is 17.3 Å². The van der Waals surface area contributed by atoms with Crippen molar-refractivity contribution in [3.05, 3.63) is 58.6 Å². The van der Waals surface area contributed by atoms with Gasteiger partial charge in [-0.2, -0.15) is 0 Å². The minimum Gasteiger partial charge on any atom is -0.387 e. The van der Waals surface area contributed by atoms with Gasteiger partial charge in [-0.3, -0.25) is 0 Å². The zero-order valence-electron chi connectivity index (χ0n) is 15.9. The van der Waals surface area contributed by atoms with Crippen molar-refractivity contribution in [3.63, 3.8) is 0 Å². The van der Waals surface area contributed by atoms with Gasteiger partial charge in [-0.05, 0) is 79.9 Å². The van der Waals surface area contributed by atoms with Crippen LogP contribution in [0, 0.1) is 17.3 Å². The maximum absolute atomic E-state index is 3.50. The molecule has 1 saturated carbocycles. The van der Waals surface area contributed by atoms with Crippen LogP contribution in [0.2, 0.25) is 0 Å². The standard InChI is InChI=1S/C24H30N2/c1-24(11-12-24)14-17-7-9-19-20-15-25-13-10-22(20)26-21-5-3-2-4-16(21)6-8-18(17)23(19)26/h2,4,6,10,15,17,19,21,25H,3,5,7-9,11-14H2,1H3. The number of dihydropyridines is 1. The van der Waals surface area contributed by atoms with E-state index in [-0.39, 0.29) is 0 Å². The van der Waals surface area contributed by atoms with Crippen molar-refractivity contribution in [3.8, 4) is 0 Å². The molecule has 6 rings (SSSR count). The zero-order valence-corrected chi connectivity index (χ0v) is 15.9. The van der Waals surface area contributed by atoms with Crippen molar-refractivity contribution in [2.75, 3.05) is 6.54 Å². The first-order valence-corrected chi connectivity index (χ1v) is 10.8. The minimum absolute atomic E-state index is 0.570. The van der Waals surface area contributed by atoms with E-state index in [4.69, 9.17) is 0 Å². The Morgan fingerprint density at radius 1 is 1.19 bits per heavy atom. The highest BCUT2D eigenvalue weighted by atomic mass is 15.2. The Morgan fingerprint density at radius 3 is 3.00 bits per heavy atom. The predicted octanol–water partition coefficient (Wildman–Crippen LogP) is 5.19. The molecular formula is C24H30N2. The fourth-order valence-electron chi connectivity index (χ4n) is 6.21. The van der Waals surface area contributed by atoms with E-state index in [1.165, 1.54) is 57.1 Å². The molecule has 0 spiro atoms. The third-order valence-electron chi connectivity index (χ3n) is 7.83. The van der Waals surface area contributed by atoms with Crippen LogP contribution in [-0.2, 0) is 0 Å². The quantitative estimate of drug-likeness (QED) is 0.740. The second kappa shape index (κ2) is 5.41. The van der Waals surface area contributed by atoms with Crippen molar-refractivity contribution < 1.29 is 0 Å². The number of allylic oxidation sites excluding steroid dienone is 5. The topological polar surface area (TPSA) is 15.3 Å². The van der Waals surface area contributed by atoms with Gasteiger partial charge in [0.05, 0.1) is 6.04 Å². The lowest BCUT2D eigenvalue weighted by atomic mass is 9.73. The maximum atomic E-state index is 3.50. The van der Waals surface area contributed by atoms with E-state index in [1.807, 2.05) is 0 Å². The summed E-state index contributed by atoms with van der Waals surface area (Å²) in [6.07, 6.45) is 22.9. The van der Waals surface area contributed by atoms with Gasteiger partial charge >= 0.3 is 0 Å². The molecule has 2 nitrogen and oxygen atoms in total. The van der Waals surface area contributed by atoms with Crippen molar-refractivity contribution in [2.45, 2.75) is 64.3 Å². The van der Waals surface area contributed by atoms with Crippen LogP contribution in [0.5, 0.6) is 0 Å². The normalized spacial score (nSPS) is 36.1. The molecule has 1 saturated heterocycles. The van der Waals surface area contributed by atoms with Crippen molar-refractivity contribution >= 4 is 0 Å². The molecule has 3 atom stereocenters. The van der Waals surface area contributed by atoms with Gasteiger partial charge < -0.3 is 10.2 Å². The Hall–Kier alpha value is -1.70. The Labute approximate surface area is 157 Å². The first-order valence-electron chi connectivity index (χ1n) is 10.8. The lowest BCUT2D eigenvalue weighted by Crippen LogP contribution is -2.35. The van der Waals surface area contributed by atoms with Crippen molar-refractivity contribution in [1.82, 2.24) is 10.2 Å². The van der Waals surface area contributed by atoms with Gasteiger partial charge in [0, 0.05) is 35.6 Å². The van der Waals surface area contributed by atoms with E-state index in [0.29, 0.717) is 17.4 Å². The van der Waals surface area contributed by atoms with Crippen LogP contribution >= 0.6 is 0 Å². The smallest absolute Gasteiger partial charge is 0.0588 e. The first-order chi connectivity index (χ1) is 12.7. The molecule has 2 fully saturated rings. The number of hydrogen-bond acceptors (Lipinski definition) is 2. The molecule has 1 N–H and O–H groups in total. The van der Waals surface area contributed by atoms with Gasteiger partial charge in [0.2, 0.25) is 0 Å². The Morgan fingerprint density at radius 2 is 2.12 bits per heavy atom. The predicted molar refractivity (Wildman–Crippen MR) is 106 cm³/mol. The average Bonchev–Trinajstić information content (AvgIpc) is 3.34. The Kier molecular flexibility index (Phi) is 3.19. The number of nitrogens with zero attached hydrogens (tertiary/aromatic N) is 1. The highest BCUT2D eigenvalue weighted by Crippen LogP contribution is 2.58. The Balaban J connectivity index is 1.50. The van der Waals surface area contributed by atoms with Crippen LogP contribution < -0.4 is 5.32 Å². The highest BCUT2D eigenvalue weighted by molar-refractivity contribution is 5.54. The lowest BCUT2D eigenvalue weighted by molar-refractivity contribution is 0.300. The maximum Gasteiger partial charge on any atom is 0.0588 e. The molecule has 3 unspecified atom stereocenters. The van der Waals surface area contributed by atoms with E-state index in [2.05, 4.69) is 47.6 Å². The van der Waals surface area contributed by atoms with Crippen LogP contribution in [-0.4, -0.2) is 17.5 Å². The van der Waals surface area contributed by atoms with E-state index < -0.39 is 0 Å². The molecule has 0 aromatic heterocycles. The third kappa shape index (κ3) is 2.17. The van der Waals surface area contributed by atoms with Crippen molar-refractivity contribution in [1.29, 1.82) is 0 Å². The second-order valence-electron chi connectivity index (χ2n) is 9.62. The summed E-state index contributed by atoms with van der Waals surface area (Å²) in [5.74, 6) is 1.46. The third-order valence-corrected chi connectivity index (χ3v) is 7.83. The van der Waals surface area contributed by atoms with Gasteiger partial charge in [-0.1, -0.05) is 25.2 Å². The van der Waals surface area contributed by atoms with E-state index >= 15 is 0 Å². The Bertz CT molecular complexity index is 802. The van der Waals surface area contributed by atoms with Gasteiger partial charge in [-0.15, -0.1) is 0 Å². The molecule has 136 valence electrons. The summed E-state index contributed by atoms with van der Waals surface area (Å²) in [6, 6.07) is 0.570. The average molecular weight is 347 g/mol. The van der Waals surface area contributed by atoms with Gasteiger partial charge in [-0.25, -0.2) is 0 Å². The summed E-state index contributed by atoms with van der Waals surface area (Å²) in [4.78, 5) is 2.80. The van der Waals surface area contributed by atoms with Crippen LogP contribution in [0.25, 0.3) is 0 Å². The zero-order chi connectivity index (χ0) is 17.3. The van der Waals surface area contributed by atoms with Gasteiger partial charge in [0.15, 0.2) is 0 Å². The fraction of sp³-hybridized carbons (Fsp3) is 0.583. The molecule has 0 aromatic rings. The monoisotopic (exact) mass is 346 g/mol. The summed E-state index contributed by atoms with van der Waals surface area (Å²) >= 11 is 0. The molecule has 0 amide bonds. The number of fused-ring (bicyclic) bond motifs is 5. The van der Waals surface area contributed by atoms with Crippen LogP contribution in [0.3, 0.4) is 0 Å². The summed E-state index contributed by atoms with van der Waals surface area (Å²) in [5.41, 5.74) is 8.84. The largest absolute Gasteiger partial charge is 0.387 e. The molecule has 0 radical (unpaired) electrons. The SMILES string of the molecule is CC1(CC2CCC3C4=CNCC=C4N4C3=C2CC=C2C=CCCC24)CC1. The van der Waals surface area contributed by atoms with E-state index in [1.54, 1.807) is 22.4 Å². The molecule has 3 aliphatic carbocycles.